The monoisotopic (exact) mass is 375 g/mol. The molecule has 0 N–H and O–H groups in total. The Balaban J connectivity index is 1.79. The highest BCUT2D eigenvalue weighted by molar-refractivity contribution is 7.89. The Hall–Kier alpha value is -2.85. The molecule has 0 radical (unpaired) electrons. The first-order valence-electron chi connectivity index (χ1n) is 8.97. The van der Waals surface area contributed by atoms with Gasteiger partial charge >= 0.3 is 0 Å². The Bertz CT molecular complexity index is 1060. The van der Waals surface area contributed by atoms with E-state index in [1.165, 1.54) is 0 Å². The van der Waals surface area contributed by atoms with Crippen molar-refractivity contribution in [2.75, 3.05) is 6.54 Å². The van der Waals surface area contributed by atoms with Gasteiger partial charge in [0.2, 0.25) is 0 Å². The number of hydrogen-bond donors (Lipinski definition) is 0. The Morgan fingerprint density at radius 2 is 1.41 bits per heavy atom. The van der Waals surface area contributed by atoms with Crippen molar-refractivity contribution in [3.8, 4) is 0 Å². The van der Waals surface area contributed by atoms with Gasteiger partial charge in [-0.1, -0.05) is 84.4 Å². The summed E-state index contributed by atoms with van der Waals surface area (Å²) < 4.78 is 28.3. The summed E-state index contributed by atoms with van der Waals surface area (Å²) in [6, 6.07) is 26.8. The number of aryl methyl sites for hydroxylation is 1. The quantitative estimate of drug-likeness (QED) is 0.655. The van der Waals surface area contributed by atoms with Crippen LogP contribution in [0.5, 0.6) is 0 Å². The highest BCUT2D eigenvalue weighted by Gasteiger charge is 2.34. The summed E-state index contributed by atoms with van der Waals surface area (Å²) in [4.78, 5) is 0.323. The van der Waals surface area contributed by atoms with Gasteiger partial charge in [-0.2, -0.15) is 0 Å². The number of benzene rings is 3. The molecule has 1 atom stereocenters. The first-order chi connectivity index (χ1) is 13.1. The van der Waals surface area contributed by atoms with Gasteiger partial charge < -0.3 is 0 Å². The normalized spacial score (nSPS) is 17.0. The maximum absolute atomic E-state index is 13.4. The van der Waals surface area contributed by atoms with Crippen molar-refractivity contribution < 1.29 is 8.42 Å². The van der Waals surface area contributed by atoms with E-state index in [0.717, 1.165) is 22.4 Å². The fourth-order valence-corrected chi connectivity index (χ4v) is 4.94. The lowest BCUT2D eigenvalue weighted by Gasteiger charge is -2.23. The zero-order valence-electron chi connectivity index (χ0n) is 15.1. The largest absolute Gasteiger partial charge is 0.265 e. The van der Waals surface area contributed by atoms with Crippen molar-refractivity contribution in [2.24, 2.45) is 0 Å². The molecule has 136 valence electrons. The molecule has 4 rings (SSSR count). The van der Waals surface area contributed by atoms with E-state index < -0.39 is 10.0 Å². The molecule has 1 heterocycles. The molecule has 0 spiro atoms. The summed E-state index contributed by atoms with van der Waals surface area (Å²) in [7, 11) is -3.63. The van der Waals surface area contributed by atoms with E-state index in [1.54, 1.807) is 16.4 Å². The third kappa shape index (κ3) is 3.40. The molecule has 1 unspecified atom stereocenters. The molecular formula is C23H21NO2S. The fraction of sp³-hybridized carbons (Fsp3) is 0.130. The van der Waals surface area contributed by atoms with Crippen LogP contribution in [0.15, 0.2) is 95.9 Å². The van der Waals surface area contributed by atoms with Gasteiger partial charge in [-0.3, -0.25) is 4.31 Å². The maximum Gasteiger partial charge on any atom is 0.264 e. The number of sulfonamides is 1. The standard InChI is InChI=1S/C23H21NO2S/c1-18-12-14-22(15-13-18)27(25,26)24-17-21(19-8-4-2-5-9-19)16-23(24)20-10-6-3-7-11-20/h2-16,21H,17H2,1H3. The fourth-order valence-electron chi connectivity index (χ4n) is 3.42. The van der Waals surface area contributed by atoms with Crippen molar-refractivity contribution >= 4 is 15.7 Å². The minimum absolute atomic E-state index is 0.0293. The molecule has 0 bridgehead atoms. The van der Waals surface area contributed by atoms with Crippen LogP contribution in [-0.2, 0) is 10.0 Å². The molecule has 3 aromatic rings. The number of nitrogens with zero attached hydrogens (tertiary/aromatic N) is 1. The maximum atomic E-state index is 13.4. The van der Waals surface area contributed by atoms with Crippen LogP contribution in [0.3, 0.4) is 0 Å². The van der Waals surface area contributed by atoms with Crippen LogP contribution in [0.4, 0.5) is 0 Å². The molecule has 0 saturated carbocycles. The zero-order valence-corrected chi connectivity index (χ0v) is 15.9. The molecule has 1 aliphatic rings. The molecule has 3 nitrogen and oxygen atoms in total. The van der Waals surface area contributed by atoms with Crippen molar-refractivity contribution in [3.05, 3.63) is 108 Å². The lowest BCUT2D eigenvalue weighted by Crippen LogP contribution is -2.28. The second-order valence-corrected chi connectivity index (χ2v) is 8.65. The van der Waals surface area contributed by atoms with E-state index in [9.17, 15) is 8.42 Å². The minimum Gasteiger partial charge on any atom is -0.265 e. The topological polar surface area (TPSA) is 37.4 Å². The smallest absolute Gasteiger partial charge is 0.264 e. The van der Waals surface area contributed by atoms with Crippen LogP contribution in [0.25, 0.3) is 5.70 Å². The SMILES string of the molecule is Cc1ccc(S(=O)(=O)N2CC(c3ccccc3)C=C2c2ccccc2)cc1. The molecule has 0 amide bonds. The Labute approximate surface area is 160 Å². The third-order valence-electron chi connectivity index (χ3n) is 4.90. The Morgan fingerprint density at radius 1 is 0.815 bits per heavy atom. The van der Waals surface area contributed by atoms with Crippen LogP contribution in [0.1, 0.15) is 22.6 Å². The van der Waals surface area contributed by atoms with Crippen LogP contribution in [0.2, 0.25) is 0 Å². The predicted molar refractivity (Wildman–Crippen MR) is 109 cm³/mol. The number of hydrogen-bond acceptors (Lipinski definition) is 2. The van der Waals surface area contributed by atoms with Gasteiger partial charge in [0, 0.05) is 12.5 Å². The van der Waals surface area contributed by atoms with E-state index in [-0.39, 0.29) is 5.92 Å². The molecule has 0 aromatic heterocycles. The van der Waals surface area contributed by atoms with Gasteiger partial charge in [0.15, 0.2) is 0 Å². The zero-order chi connectivity index (χ0) is 18.9. The third-order valence-corrected chi connectivity index (χ3v) is 6.69. The predicted octanol–water partition coefficient (Wildman–Crippen LogP) is 4.82. The average Bonchev–Trinajstić information content (AvgIpc) is 3.16. The van der Waals surface area contributed by atoms with E-state index >= 15 is 0 Å². The van der Waals surface area contributed by atoms with E-state index in [1.807, 2.05) is 79.7 Å². The molecule has 0 fully saturated rings. The number of rotatable bonds is 4. The van der Waals surface area contributed by atoms with Gasteiger partial charge in [0.1, 0.15) is 0 Å². The van der Waals surface area contributed by atoms with Gasteiger partial charge in [0.05, 0.1) is 10.6 Å². The van der Waals surface area contributed by atoms with Crippen molar-refractivity contribution in [1.29, 1.82) is 0 Å². The molecule has 0 aliphatic carbocycles. The van der Waals surface area contributed by atoms with Crippen LogP contribution >= 0.6 is 0 Å². The first kappa shape index (κ1) is 17.6. The molecule has 4 heteroatoms. The van der Waals surface area contributed by atoms with Gasteiger partial charge in [-0.05, 0) is 30.2 Å². The summed E-state index contributed by atoms with van der Waals surface area (Å²) in [6.45, 7) is 2.36. The minimum atomic E-state index is -3.63. The highest BCUT2D eigenvalue weighted by atomic mass is 32.2. The van der Waals surface area contributed by atoms with Crippen LogP contribution < -0.4 is 0 Å². The lowest BCUT2D eigenvalue weighted by molar-refractivity contribution is 0.515. The molecular weight excluding hydrogens is 354 g/mol. The average molecular weight is 375 g/mol. The molecule has 0 saturated heterocycles. The Kier molecular flexibility index (Phi) is 4.58. The van der Waals surface area contributed by atoms with Gasteiger partial charge in [-0.25, -0.2) is 8.42 Å². The summed E-state index contributed by atoms with van der Waals surface area (Å²) in [5, 5.41) is 0. The van der Waals surface area contributed by atoms with Crippen LogP contribution in [-0.4, -0.2) is 19.3 Å². The van der Waals surface area contributed by atoms with Gasteiger partial charge in [0.25, 0.3) is 10.0 Å². The van der Waals surface area contributed by atoms with Crippen molar-refractivity contribution in [2.45, 2.75) is 17.7 Å². The lowest BCUT2D eigenvalue weighted by atomic mass is 10.00. The van der Waals surface area contributed by atoms with Crippen molar-refractivity contribution in [1.82, 2.24) is 4.31 Å². The molecule has 27 heavy (non-hydrogen) atoms. The molecule has 3 aromatic carbocycles. The van der Waals surface area contributed by atoms with Crippen molar-refractivity contribution in [3.63, 3.8) is 0 Å². The summed E-state index contributed by atoms with van der Waals surface area (Å²) in [6.07, 6.45) is 2.07. The van der Waals surface area contributed by atoms with Crippen LogP contribution in [0, 0.1) is 6.92 Å². The van der Waals surface area contributed by atoms with E-state index in [2.05, 4.69) is 6.08 Å². The van der Waals surface area contributed by atoms with E-state index in [4.69, 9.17) is 0 Å². The Morgan fingerprint density at radius 3 is 2.04 bits per heavy atom. The van der Waals surface area contributed by atoms with E-state index in [0.29, 0.717) is 11.4 Å². The molecule has 1 aliphatic heterocycles. The second-order valence-electron chi connectivity index (χ2n) is 6.78. The highest BCUT2D eigenvalue weighted by Crippen LogP contribution is 2.38. The first-order valence-corrected chi connectivity index (χ1v) is 10.4. The second kappa shape index (κ2) is 7.05. The summed E-state index contributed by atoms with van der Waals surface area (Å²) in [5.41, 5.74) is 3.81. The summed E-state index contributed by atoms with van der Waals surface area (Å²) in [5.74, 6) is 0.0293. The summed E-state index contributed by atoms with van der Waals surface area (Å²) >= 11 is 0. The van der Waals surface area contributed by atoms with Gasteiger partial charge in [-0.15, -0.1) is 0 Å².